The molecule has 1 unspecified atom stereocenters. The van der Waals surface area contributed by atoms with E-state index in [2.05, 4.69) is 15.9 Å². The maximum atomic E-state index is 13.6. The zero-order valence-corrected chi connectivity index (χ0v) is 21.3. The quantitative estimate of drug-likeness (QED) is 0.458. The van der Waals surface area contributed by atoms with Crippen molar-refractivity contribution in [3.8, 4) is 11.5 Å². The van der Waals surface area contributed by atoms with Crippen molar-refractivity contribution in [2.75, 3.05) is 20.8 Å². The third-order valence-corrected chi connectivity index (χ3v) is 7.01. The van der Waals surface area contributed by atoms with Crippen molar-refractivity contribution in [2.24, 2.45) is 10.9 Å². The van der Waals surface area contributed by atoms with Crippen LogP contribution in [0.4, 0.5) is 0 Å². The molecule has 34 heavy (non-hydrogen) atoms. The minimum atomic E-state index is -0.630. The second-order valence-corrected chi connectivity index (χ2v) is 9.43. The Morgan fingerprint density at radius 2 is 1.82 bits per heavy atom. The van der Waals surface area contributed by atoms with Crippen molar-refractivity contribution >= 4 is 33.4 Å². The van der Waals surface area contributed by atoms with Crippen molar-refractivity contribution in [3.05, 3.63) is 69.3 Å². The molecule has 178 valence electrons. The van der Waals surface area contributed by atoms with E-state index in [1.807, 2.05) is 49.4 Å². The Labute approximate surface area is 208 Å². The minimum Gasteiger partial charge on any atom is -0.493 e. The van der Waals surface area contributed by atoms with Gasteiger partial charge in [0.15, 0.2) is 17.3 Å². The van der Waals surface area contributed by atoms with E-state index >= 15 is 0 Å². The molecule has 6 nitrogen and oxygen atoms in total. The fourth-order valence-corrected chi connectivity index (χ4v) is 5.42. The number of carbonyl (C=O) groups excluding carboxylic acids is 2. The molecule has 1 aliphatic carbocycles. The number of ether oxygens (including phenoxy) is 3. The van der Waals surface area contributed by atoms with Crippen LogP contribution in [-0.2, 0) is 14.3 Å². The SMILES string of the molecule is CCOC(=O)C1C(C)=NC2=C(C(=O)C[C@H](c3ccc(OC)c(OC)c3)C2)[C@@H]1c1cccc(Br)c1. The molecule has 0 N–H and O–H groups in total. The van der Waals surface area contributed by atoms with E-state index in [1.54, 1.807) is 21.1 Å². The van der Waals surface area contributed by atoms with Gasteiger partial charge in [0.2, 0.25) is 0 Å². The Bertz CT molecular complexity index is 1190. The van der Waals surface area contributed by atoms with Crippen LogP contribution in [0.15, 0.2) is 63.2 Å². The molecule has 0 saturated carbocycles. The highest BCUT2D eigenvalue weighted by Gasteiger charge is 2.44. The zero-order valence-electron chi connectivity index (χ0n) is 19.8. The Kier molecular flexibility index (Phi) is 7.22. The Morgan fingerprint density at radius 3 is 2.50 bits per heavy atom. The largest absolute Gasteiger partial charge is 0.493 e. The average Bonchev–Trinajstić information content (AvgIpc) is 2.82. The maximum absolute atomic E-state index is 13.6. The number of carbonyl (C=O) groups is 2. The molecule has 7 heteroatoms. The molecule has 0 radical (unpaired) electrons. The van der Waals surface area contributed by atoms with E-state index in [9.17, 15) is 9.59 Å². The lowest BCUT2D eigenvalue weighted by atomic mass is 9.69. The number of Topliss-reactive ketones (excluding diaryl/α,β-unsaturated/α-hetero) is 1. The van der Waals surface area contributed by atoms with Crippen LogP contribution in [0, 0.1) is 5.92 Å². The number of hydrogen-bond acceptors (Lipinski definition) is 6. The van der Waals surface area contributed by atoms with Gasteiger partial charge in [0.05, 0.1) is 20.8 Å². The topological polar surface area (TPSA) is 74.2 Å². The lowest BCUT2D eigenvalue weighted by molar-refractivity contribution is -0.146. The van der Waals surface area contributed by atoms with Gasteiger partial charge in [-0.05, 0) is 61.6 Å². The number of halogens is 1. The minimum absolute atomic E-state index is 0.0107. The van der Waals surface area contributed by atoms with Crippen LogP contribution in [0.1, 0.15) is 49.7 Å². The van der Waals surface area contributed by atoms with Crippen LogP contribution in [0.3, 0.4) is 0 Å². The molecule has 0 aromatic heterocycles. The Hall–Kier alpha value is -2.93. The molecule has 0 saturated heterocycles. The Balaban J connectivity index is 1.78. The molecule has 1 aliphatic heterocycles. The van der Waals surface area contributed by atoms with Gasteiger partial charge in [0.1, 0.15) is 5.92 Å². The lowest BCUT2D eigenvalue weighted by Crippen LogP contribution is -2.38. The molecule has 1 heterocycles. The highest BCUT2D eigenvalue weighted by atomic mass is 79.9. The van der Waals surface area contributed by atoms with Crippen LogP contribution in [0.2, 0.25) is 0 Å². The highest BCUT2D eigenvalue weighted by Crippen LogP contribution is 2.47. The molecule has 2 aliphatic rings. The summed E-state index contributed by atoms with van der Waals surface area (Å²) in [6.07, 6.45) is 0.941. The zero-order chi connectivity index (χ0) is 24.4. The molecule has 0 fully saturated rings. The maximum Gasteiger partial charge on any atom is 0.315 e. The fraction of sp³-hybridized carbons (Fsp3) is 0.370. The van der Waals surface area contributed by atoms with Gasteiger partial charge < -0.3 is 14.2 Å². The normalized spacial score (nSPS) is 22.1. The summed E-state index contributed by atoms with van der Waals surface area (Å²) in [5.41, 5.74) is 3.93. The smallest absolute Gasteiger partial charge is 0.315 e. The van der Waals surface area contributed by atoms with E-state index < -0.39 is 11.8 Å². The first kappa shape index (κ1) is 24.2. The van der Waals surface area contributed by atoms with Gasteiger partial charge in [0.25, 0.3) is 0 Å². The Morgan fingerprint density at radius 1 is 1.06 bits per heavy atom. The van der Waals surface area contributed by atoms with Gasteiger partial charge in [-0.25, -0.2) is 0 Å². The summed E-state index contributed by atoms with van der Waals surface area (Å²) >= 11 is 3.53. The van der Waals surface area contributed by atoms with Crippen molar-refractivity contribution in [1.82, 2.24) is 0 Å². The number of ketones is 1. The van der Waals surface area contributed by atoms with Crippen LogP contribution in [-0.4, -0.2) is 38.3 Å². The molecule has 0 bridgehead atoms. The molecular formula is C27H28BrNO5. The summed E-state index contributed by atoms with van der Waals surface area (Å²) in [6, 6.07) is 13.5. The summed E-state index contributed by atoms with van der Waals surface area (Å²) in [6.45, 7) is 3.90. The predicted molar refractivity (Wildman–Crippen MR) is 134 cm³/mol. The lowest BCUT2D eigenvalue weighted by Gasteiger charge is -2.36. The molecular weight excluding hydrogens is 498 g/mol. The van der Waals surface area contributed by atoms with Crippen molar-refractivity contribution in [2.45, 2.75) is 38.5 Å². The van der Waals surface area contributed by atoms with Crippen molar-refractivity contribution in [1.29, 1.82) is 0 Å². The number of esters is 1. The summed E-state index contributed by atoms with van der Waals surface area (Å²) in [7, 11) is 3.20. The van der Waals surface area contributed by atoms with Crippen LogP contribution in [0.5, 0.6) is 11.5 Å². The number of aliphatic imine (C=N–C) groups is 1. The first-order valence-electron chi connectivity index (χ1n) is 11.3. The van der Waals surface area contributed by atoms with Gasteiger partial charge in [-0.15, -0.1) is 0 Å². The summed E-state index contributed by atoms with van der Waals surface area (Å²) < 4.78 is 17.1. The van der Waals surface area contributed by atoms with E-state index in [0.717, 1.165) is 21.3 Å². The van der Waals surface area contributed by atoms with Crippen molar-refractivity contribution < 1.29 is 23.8 Å². The first-order valence-corrected chi connectivity index (χ1v) is 12.1. The number of allylic oxidation sites excluding steroid dienone is 2. The monoisotopic (exact) mass is 525 g/mol. The first-order chi connectivity index (χ1) is 16.4. The second kappa shape index (κ2) is 10.1. The van der Waals surface area contributed by atoms with E-state index in [0.29, 0.717) is 35.6 Å². The molecule has 0 amide bonds. The van der Waals surface area contributed by atoms with E-state index in [-0.39, 0.29) is 24.3 Å². The van der Waals surface area contributed by atoms with Crippen LogP contribution in [0.25, 0.3) is 0 Å². The second-order valence-electron chi connectivity index (χ2n) is 8.52. The van der Waals surface area contributed by atoms with Crippen molar-refractivity contribution in [3.63, 3.8) is 0 Å². The third kappa shape index (κ3) is 4.53. The summed E-state index contributed by atoms with van der Waals surface area (Å²) in [4.78, 5) is 31.4. The molecule has 2 aromatic rings. The summed E-state index contributed by atoms with van der Waals surface area (Å²) in [5.74, 6) is -0.161. The van der Waals surface area contributed by atoms with E-state index in [4.69, 9.17) is 19.2 Å². The van der Waals surface area contributed by atoms with Crippen LogP contribution >= 0.6 is 15.9 Å². The molecule has 2 aromatic carbocycles. The molecule has 4 rings (SSSR count). The number of rotatable bonds is 6. The van der Waals surface area contributed by atoms with Gasteiger partial charge >= 0.3 is 5.97 Å². The van der Waals surface area contributed by atoms with Crippen LogP contribution < -0.4 is 9.47 Å². The fourth-order valence-electron chi connectivity index (χ4n) is 5.00. The highest BCUT2D eigenvalue weighted by molar-refractivity contribution is 9.10. The number of nitrogens with zero attached hydrogens (tertiary/aromatic N) is 1. The molecule has 0 spiro atoms. The van der Waals surface area contributed by atoms with E-state index in [1.165, 1.54) is 0 Å². The van der Waals surface area contributed by atoms with Gasteiger partial charge in [-0.2, -0.15) is 0 Å². The molecule has 3 atom stereocenters. The number of methoxy groups -OCH3 is 2. The average molecular weight is 526 g/mol. The third-order valence-electron chi connectivity index (χ3n) is 6.52. The van der Waals surface area contributed by atoms with Gasteiger partial charge in [0, 0.05) is 33.8 Å². The standard InChI is InChI=1S/C27H28BrNO5/c1-5-34-27(31)24-15(2)29-20-12-18(16-9-10-22(32-3)23(14-16)33-4)13-21(30)26(20)25(24)17-7-6-8-19(28)11-17/h6-11,14,18,24-25H,5,12-13H2,1-4H3/t18-,24?,25-/m1/s1. The number of hydrogen-bond donors (Lipinski definition) is 0. The predicted octanol–water partition coefficient (Wildman–Crippen LogP) is 5.60. The van der Waals surface area contributed by atoms with Gasteiger partial charge in [-0.3, -0.25) is 14.6 Å². The van der Waals surface area contributed by atoms with Gasteiger partial charge in [-0.1, -0.05) is 34.1 Å². The number of benzene rings is 2. The summed E-state index contributed by atoms with van der Waals surface area (Å²) in [5, 5.41) is 0.